The number of nitrogens with one attached hydrogen (secondary N) is 1. The molecule has 0 unspecified atom stereocenters. The molecule has 3 nitrogen and oxygen atoms in total. The summed E-state index contributed by atoms with van der Waals surface area (Å²) in [5.74, 6) is -0.250. The summed E-state index contributed by atoms with van der Waals surface area (Å²) >= 11 is 11.6. The van der Waals surface area contributed by atoms with Crippen molar-refractivity contribution in [1.82, 2.24) is 0 Å². The Bertz CT molecular complexity index is 546. The van der Waals surface area contributed by atoms with Crippen molar-refractivity contribution >= 4 is 29.1 Å². The standard InChI is InChI=1S/C12H8Cl2N2O.ClH/c13-10-5-4-9(8-11(10)14)12(17)15-16-6-2-1-3-7-16;/h1-8H;1H. The second kappa shape index (κ2) is 6.59. The lowest BCUT2D eigenvalue weighted by atomic mass is 10.2. The molecule has 0 atom stereocenters. The maximum Gasteiger partial charge on any atom is 0.305 e. The summed E-state index contributed by atoms with van der Waals surface area (Å²) in [5.41, 5.74) is 3.14. The van der Waals surface area contributed by atoms with Gasteiger partial charge in [-0.25, -0.2) is 0 Å². The topological polar surface area (TPSA) is 33.0 Å². The van der Waals surface area contributed by atoms with Gasteiger partial charge >= 0.3 is 5.91 Å². The molecule has 1 aromatic carbocycles. The fraction of sp³-hybridized carbons (Fsp3) is 0. The van der Waals surface area contributed by atoms with Crippen molar-refractivity contribution in [3.05, 3.63) is 64.4 Å². The molecule has 1 aromatic heterocycles. The predicted molar refractivity (Wildman–Crippen MR) is 66.8 cm³/mol. The third-order valence-electron chi connectivity index (χ3n) is 2.13. The summed E-state index contributed by atoms with van der Waals surface area (Å²) in [6, 6.07) is 10.2. The van der Waals surface area contributed by atoms with Gasteiger partial charge in [-0.2, -0.15) is 0 Å². The van der Waals surface area contributed by atoms with Gasteiger partial charge in [-0.1, -0.05) is 33.9 Å². The van der Waals surface area contributed by atoms with Crippen molar-refractivity contribution < 1.29 is 21.9 Å². The van der Waals surface area contributed by atoms with Crippen molar-refractivity contribution in [2.45, 2.75) is 0 Å². The zero-order valence-corrected chi connectivity index (χ0v) is 11.4. The van der Waals surface area contributed by atoms with E-state index in [1.165, 1.54) is 6.07 Å². The lowest BCUT2D eigenvalue weighted by molar-refractivity contribution is -0.641. The average Bonchev–Trinajstić information content (AvgIpc) is 2.34. The van der Waals surface area contributed by atoms with Crippen molar-refractivity contribution in [3.8, 4) is 0 Å². The van der Waals surface area contributed by atoms with Gasteiger partial charge < -0.3 is 12.4 Å². The molecule has 0 spiro atoms. The van der Waals surface area contributed by atoms with Gasteiger partial charge in [0, 0.05) is 17.7 Å². The summed E-state index contributed by atoms with van der Waals surface area (Å²) in [6.07, 6.45) is 3.46. The van der Waals surface area contributed by atoms with Crippen LogP contribution in [-0.2, 0) is 0 Å². The van der Waals surface area contributed by atoms with E-state index < -0.39 is 0 Å². The number of carbonyl (C=O) groups is 1. The Labute approximate surface area is 121 Å². The molecular weight excluding hydrogens is 295 g/mol. The molecule has 18 heavy (non-hydrogen) atoms. The fourth-order valence-corrected chi connectivity index (χ4v) is 1.59. The fourth-order valence-electron chi connectivity index (χ4n) is 1.29. The minimum absolute atomic E-state index is 0. The number of halogens is 3. The summed E-state index contributed by atoms with van der Waals surface area (Å²) in [5, 5.41) is 0.785. The van der Waals surface area contributed by atoms with Crippen LogP contribution in [0.15, 0.2) is 48.8 Å². The van der Waals surface area contributed by atoms with Crippen molar-refractivity contribution in [2.75, 3.05) is 5.43 Å². The molecule has 0 saturated carbocycles. The van der Waals surface area contributed by atoms with E-state index in [4.69, 9.17) is 23.2 Å². The third kappa shape index (κ3) is 3.60. The Morgan fingerprint density at radius 2 is 1.72 bits per heavy atom. The van der Waals surface area contributed by atoms with E-state index in [-0.39, 0.29) is 18.3 Å². The molecule has 0 fully saturated rings. The molecule has 1 N–H and O–H groups in total. The molecule has 2 aromatic rings. The van der Waals surface area contributed by atoms with E-state index >= 15 is 0 Å². The molecule has 0 saturated heterocycles. The SMILES string of the molecule is O=C(N[n+]1ccccc1)c1ccc(Cl)c(Cl)c1.[Cl-]. The number of pyridine rings is 1. The number of benzene rings is 1. The van der Waals surface area contributed by atoms with E-state index in [1.54, 1.807) is 29.2 Å². The van der Waals surface area contributed by atoms with Crippen LogP contribution in [0.4, 0.5) is 0 Å². The Kier molecular flexibility index (Phi) is 5.41. The van der Waals surface area contributed by atoms with Crippen LogP contribution in [0, 0.1) is 0 Å². The zero-order valence-electron chi connectivity index (χ0n) is 9.11. The number of amides is 1. The summed E-state index contributed by atoms with van der Waals surface area (Å²) < 4.78 is 1.56. The Morgan fingerprint density at radius 3 is 2.33 bits per heavy atom. The first-order valence-corrected chi connectivity index (χ1v) is 5.65. The van der Waals surface area contributed by atoms with Gasteiger partial charge in [-0.05, 0) is 18.2 Å². The number of nitrogens with zero attached hydrogens (tertiary/aromatic N) is 1. The molecule has 0 aliphatic heterocycles. The quantitative estimate of drug-likeness (QED) is 0.757. The molecule has 0 aliphatic carbocycles. The molecule has 2 rings (SSSR count). The van der Waals surface area contributed by atoms with Crippen molar-refractivity contribution in [3.63, 3.8) is 0 Å². The first-order chi connectivity index (χ1) is 8.16. The van der Waals surface area contributed by atoms with Gasteiger partial charge in [-0.3, -0.25) is 4.79 Å². The first kappa shape index (κ1) is 14.8. The molecule has 0 aliphatic rings. The van der Waals surface area contributed by atoms with Gasteiger partial charge in [0.25, 0.3) is 0 Å². The highest BCUT2D eigenvalue weighted by Crippen LogP contribution is 2.22. The van der Waals surface area contributed by atoms with Crippen LogP contribution in [-0.4, -0.2) is 5.91 Å². The second-order valence-electron chi connectivity index (χ2n) is 3.35. The average molecular weight is 304 g/mol. The van der Waals surface area contributed by atoms with Gasteiger partial charge in [-0.15, -0.1) is 5.43 Å². The number of hydrogen-bond donors (Lipinski definition) is 1. The summed E-state index contributed by atoms with van der Waals surface area (Å²) in [6.45, 7) is 0. The van der Waals surface area contributed by atoms with Crippen LogP contribution >= 0.6 is 23.2 Å². The predicted octanol–water partition coefficient (Wildman–Crippen LogP) is -0.331. The third-order valence-corrected chi connectivity index (χ3v) is 2.87. The largest absolute Gasteiger partial charge is 1.00 e. The highest BCUT2D eigenvalue weighted by atomic mass is 35.5. The molecule has 1 amide bonds. The molecule has 0 radical (unpaired) electrons. The van der Waals surface area contributed by atoms with Crippen LogP contribution in [0.5, 0.6) is 0 Å². The zero-order chi connectivity index (χ0) is 12.3. The maximum atomic E-state index is 11.8. The lowest BCUT2D eigenvalue weighted by Gasteiger charge is -2.01. The van der Waals surface area contributed by atoms with Crippen molar-refractivity contribution in [1.29, 1.82) is 0 Å². The van der Waals surface area contributed by atoms with Gasteiger partial charge in [0.1, 0.15) is 0 Å². The number of carbonyl (C=O) groups excluding carboxylic acids is 1. The maximum absolute atomic E-state index is 11.8. The van der Waals surface area contributed by atoms with E-state index in [0.29, 0.717) is 15.6 Å². The normalized spacial score (nSPS) is 9.44. The van der Waals surface area contributed by atoms with Gasteiger partial charge in [0.05, 0.1) is 10.0 Å². The molecular formula is C12H9Cl3N2O. The number of aromatic nitrogens is 1. The Balaban J connectivity index is 0.00000162. The Hall–Kier alpha value is -1.29. The van der Waals surface area contributed by atoms with Crippen LogP contribution in [0.25, 0.3) is 0 Å². The van der Waals surface area contributed by atoms with E-state index in [1.807, 2.05) is 18.2 Å². The van der Waals surface area contributed by atoms with E-state index in [2.05, 4.69) is 5.43 Å². The molecule has 1 heterocycles. The van der Waals surface area contributed by atoms with E-state index in [0.717, 1.165) is 0 Å². The van der Waals surface area contributed by atoms with Crippen LogP contribution in [0.1, 0.15) is 10.4 Å². The molecule has 0 bridgehead atoms. The van der Waals surface area contributed by atoms with Crippen molar-refractivity contribution in [2.24, 2.45) is 0 Å². The second-order valence-corrected chi connectivity index (χ2v) is 4.17. The summed E-state index contributed by atoms with van der Waals surface area (Å²) in [4.78, 5) is 11.8. The summed E-state index contributed by atoms with van der Waals surface area (Å²) in [7, 11) is 0. The van der Waals surface area contributed by atoms with E-state index in [9.17, 15) is 4.79 Å². The first-order valence-electron chi connectivity index (χ1n) is 4.89. The van der Waals surface area contributed by atoms with Gasteiger partial charge in [0.15, 0.2) is 12.4 Å². The highest BCUT2D eigenvalue weighted by molar-refractivity contribution is 6.42. The molecule has 94 valence electrons. The molecule has 6 heteroatoms. The minimum atomic E-state index is -0.250. The number of rotatable bonds is 2. The van der Waals surface area contributed by atoms with Crippen LogP contribution < -0.4 is 22.5 Å². The lowest BCUT2D eigenvalue weighted by Crippen LogP contribution is -3.00. The smallest absolute Gasteiger partial charge is 0.305 e. The highest BCUT2D eigenvalue weighted by Gasteiger charge is 2.11. The van der Waals surface area contributed by atoms with Crippen LogP contribution in [0.2, 0.25) is 10.0 Å². The minimum Gasteiger partial charge on any atom is -1.00 e. The number of hydrogen-bond acceptors (Lipinski definition) is 1. The Morgan fingerprint density at radius 1 is 1.06 bits per heavy atom. The van der Waals surface area contributed by atoms with Gasteiger partial charge in [0.2, 0.25) is 0 Å². The monoisotopic (exact) mass is 302 g/mol. The van der Waals surface area contributed by atoms with Crippen LogP contribution in [0.3, 0.4) is 0 Å².